The molecule has 3 nitrogen and oxygen atoms in total. The normalized spacial score (nSPS) is 17.5. The molecule has 0 unspecified atom stereocenters. The van der Waals surface area contributed by atoms with Gasteiger partial charge in [0.1, 0.15) is 0 Å². The van der Waals surface area contributed by atoms with Crippen LogP contribution in [-0.2, 0) is 6.54 Å². The molecule has 1 heterocycles. The van der Waals surface area contributed by atoms with Gasteiger partial charge in [0, 0.05) is 42.9 Å². The van der Waals surface area contributed by atoms with E-state index in [1.54, 1.807) is 0 Å². The zero-order valence-electron chi connectivity index (χ0n) is 14.7. The second-order valence-corrected chi connectivity index (χ2v) is 7.43. The van der Waals surface area contributed by atoms with Gasteiger partial charge in [-0.1, -0.05) is 41.4 Å². The molecule has 1 atom stereocenters. The van der Waals surface area contributed by atoms with Gasteiger partial charge in [0.05, 0.1) is 0 Å². The fourth-order valence-electron chi connectivity index (χ4n) is 3.15. The van der Waals surface area contributed by atoms with Gasteiger partial charge in [0.15, 0.2) is 5.11 Å². The zero-order valence-corrected chi connectivity index (χ0v) is 16.3. The second kappa shape index (κ2) is 8.07. The molecule has 1 aliphatic rings. The van der Waals surface area contributed by atoms with Crippen LogP contribution in [0.4, 0.5) is 5.69 Å². The standard InChI is InChI=1S/C20H24ClN3S/c1-15-3-9-19(10-4-15)24-12-11-23(14-16(24)2)20(25)22-13-17-5-7-18(21)8-6-17/h3-10,16H,11-14H2,1-2H3,(H,22,25)/t16-/m0/s1. The van der Waals surface area contributed by atoms with E-state index >= 15 is 0 Å². The number of hydrogen-bond acceptors (Lipinski definition) is 2. The first kappa shape index (κ1) is 18.0. The quantitative estimate of drug-likeness (QED) is 0.811. The molecule has 132 valence electrons. The molecule has 0 bridgehead atoms. The zero-order chi connectivity index (χ0) is 17.8. The molecule has 0 amide bonds. The highest BCUT2D eigenvalue weighted by Gasteiger charge is 2.25. The minimum absolute atomic E-state index is 0.423. The lowest BCUT2D eigenvalue weighted by molar-refractivity contribution is 0.334. The fraction of sp³-hybridized carbons (Fsp3) is 0.350. The molecule has 2 aromatic carbocycles. The predicted molar refractivity (Wildman–Crippen MR) is 110 cm³/mol. The average molecular weight is 374 g/mol. The maximum atomic E-state index is 5.93. The first-order chi connectivity index (χ1) is 12.0. The lowest BCUT2D eigenvalue weighted by Gasteiger charge is -2.42. The summed E-state index contributed by atoms with van der Waals surface area (Å²) in [4.78, 5) is 4.72. The van der Waals surface area contributed by atoms with Crippen molar-refractivity contribution >= 4 is 34.6 Å². The Bertz CT molecular complexity index is 715. The van der Waals surface area contributed by atoms with Gasteiger partial charge in [-0.05, 0) is 55.9 Å². The Balaban J connectivity index is 1.54. The number of hydrogen-bond donors (Lipinski definition) is 1. The number of aryl methyl sites for hydroxylation is 1. The summed E-state index contributed by atoms with van der Waals surface area (Å²) in [5, 5.41) is 4.95. The molecule has 1 saturated heterocycles. The number of halogens is 1. The summed E-state index contributed by atoms with van der Waals surface area (Å²) in [5.74, 6) is 0. The van der Waals surface area contributed by atoms with Crippen LogP contribution < -0.4 is 10.2 Å². The highest BCUT2D eigenvalue weighted by Crippen LogP contribution is 2.21. The Kier molecular flexibility index (Phi) is 5.82. The summed E-state index contributed by atoms with van der Waals surface area (Å²) in [5.41, 5.74) is 3.76. The molecule has 0 saturated carbocycles. The maximum absolute atomic E-state index is 5.93. The Morgan fingerprint density at radius 1 is 1.12 bits per heavy atom. The minimum Gasteiger partial charge on any atom is -0.365 e. The highest BCUT2D eigenvalue weighted by atomic mass is 35.5. The van der Waals surface area contributed by atoms with Crippen molar-refractivity contribution < 1.29 is 0 Å². The number of nitrogens with zero attached hydrogens (tertiary/aromatic N) is 2. The summed E-state index contributed by atoms with van der Waals surface area (Å²) < 4.78 is 0. The van der Waals surface area contributed by atoms with Gasteiger partial charge in [-0.15, -0.1) is 0 Å². The highest BCUT2D eigenvalue weighted by molar-refractivity contribution is 7.80. The minimum atomic E-state index is 0.423. The monoisotopic (exact) mass is 373 g/mol. The van der Waals surface area contributed by atoms with Crippen molar-refractivity contribution in [3.63, 3.8) is 0 Å². The summed E-state index contributed by atoms with van der Waals surface area (Å²) in [6.45, 7) is 7.95. The number of piperazine rings is 1. The molecule has 0 radical (unpaired) electrons. The molecule has 2 aromatic rings. The van der Waals surface area contributed by atoms with E-state index in [4.69, 9.17) is 23.8 Å². The van der Waals surface area contributed by atoms with Crippen molar-refractivity contribution in [2.75, 3.05) is 24.5 Å². The number of nitrogens with one attached hydrogen (secondary N) is 1. The lowest BCUT2D eigenvalue weighted by atomic mass is 10.1. The molecule has 0 aliphatic carbocycles. The maximum Gasteiger partial charge on any atom is 0.169 e. The Morgan fingerprint density at radius 2 is 1.80 bits per heavy atom. The number of thiocarbonyl (C=S) groups is 1. The summed E-state index contributed by atoms with van der Waals surface area (Å²) in [6, 6.07) is 17.0. The SMILES string of the molecule is Cc1ccc(N2CCN(C(=S)NCc3ccc(Cl)cc3)C[C@@H]2C)cc1. The van der Waals surface area contributed by atoms with Crippen LogP contribution in [0.2, 0.25) is 5.02 Å². The van der Waals surface area contributed by atoms with Crippen molar-refractivity contribution in [3.8, 4) is 0 Å². The van der Waals surface area contributed by atoms with Crippen LogP contribution in [0.5, 0.6) is 0 Å². The van der Waals surface area contributed by atoms with Crippen molar-refractivity contribution in [1.82, 2.24) is 10.2 Å². The first-order valence-corrected chi connectivity index (χ1v) is 9.42. The first-order valence-electron chi connectivity index (χ1n) is 8.63. The Morgan fingerprint density at radius 3 is 2.44 bits per heavy atom. The molecular weight excluding hydrogens is 350 g/mol. The van der Waals surface area contributed by atoms with Gasteiger partial charge in [-0.25, -0.2) is 0 Å². The average Bonchev–Trinajstić information content (AvgIpc) is 2.62. The third-order valence-electron chi connectivity index (χ3n) is 4.64. The molecule has 25 heavy (non-hydrogen) atoms. The van der Waals surface area contributed by atoms with Crippen molar-refractivity contribution in [2.24, 2.45) is 0 Å². The van der Waals surface area contributed by atoms with E-state index in [-0.39, 0.29) is 0 Å². The van der Waals surface area contributed by atoms with E-state index in [1.165, 1.54) is 16.8 Å². The summed E-state index contributed by atoms with van der Waals surface area (Å²) >= 11 is 11.5. The Labute approximate surface area is 160 Å². The van der Waals surface area contributed by atoms with Crippen molar-refractivity contribution in [3.05, 3.63) is 64.7 Å². The third-order valence-corrected chi connectivity index (χ3v) is 5.29. The second-order valence-electron chi connectivity index (χ2n) is 6.61. The van der Waals surface area contributed by atoms with E-state index in [0.717, 1.165) is 36.3 Å². The van der Waals surface area contributed by atoms with Crippen LogP contribution in [0.15, 0.2) is 48.5 Å². The van der Waals surface area contributed by atoms with Crippen LogP contribution >= 0.6 is 23.8 Å². The van der Waals surface area contributed by atoms with Crippen LogP contribution in [0, 0.1) is 6.92 Å². The molecule has 5 heteroatoms. The number of anilines is 1. The third kappa shape index (κ3) is 4.65. The number of benzene rings is 2. The van der Waals surface area contributed by atoms with Crippen LogP contribution in [0.25, 0.3) is 0 Å². The molecule has 0 spiro atoms. The van der Waals surface area contributed by atoms with Gasteiger partial charge in [0.25, 0.3) is 0 Å². The molecule has 0 aromatic heterocycles. The molecule has 1 N–H and O–H groups in total. The van der Waals surface area contributed by atoms with Crippen LogP contribution in [0.3, 0.4) is 0 Å². The van der Waals surface area contributed by atoms with Crippen molar-refractivity contribution in [1.29, 1.82) is 0 Å². The molecule has 3 rings (SSSR count). The van der Waals surface area contributed by atoms with E-state index in [2.05, 4.69) is 53.2 Å². The van der Waals surface area contributed by atoms with Gasteiger partial charge in [-0.3, -0.25) is 0 Å². The van der Waals surface area contributed by atoms with Gasteiger partial charge in [-0.2, -0.15) is 0 Å². The lowest BCUT2D eigenvalue weighted by Crippen LogP contribution is -2.55. The van der Waals surface area contributed by atoms with Crippen molar-refractivity contribution in [2.45, 2.75) is 26.4 Å². The fourth-order valence-corrected chi connectivity index (χ4v) is 3.52. The van der Waals surface area contributed by atoms with Gasteiger partial charge >= 0.3 is 0 Å². The van der Waals surface area contributed by atoms with E-state index in [0.29, 0.717) is 6.04 Å². The summed E-state index contributed by atoms with van der Waals surface area (Å²) in [7, 11) is 0. The number of rotatable bonds is 3. The largest absolute Gasteiger partial charge is 0.365 e. The smallest absolute Gasteiger partial charge is 0.169 e. The molecule has 1 fully saturated rings. The van der Waals surface area contributed by atoms with Gasteiger partial charge in [0.2, 0.25) is 0 Å². The van der Waals surface area contributed by atoms with Crippen LogP contribution in [0.1, 0.15) is 18.1 Å². The van der Waals surface area contributed by atoms with Crippen LogP contribution in [-0.4, -0.2) is 35.7 Å². The predicted octanol–water partition coefficient (Wildman–Crippen LogP) is 4.23. The van der Waals surface area contributed by atoms with Gasteiger partial charge < -0.3 is 15.1 Å². The molecule has 1 aliphatic heterocycles. The van der Waals surface area contributed by atoms with E-state index in [1.807, 2.05) is 24.3 Å². The Hall–Kier alpha value is -1.78. The van der Waals surface area contributed by atoms with E-state index in [9.17, 15) is 0 Å². The molecular formula is C20H24ClN3S. The van der Waals surface area contributed by atoms with E-state index < -0.39 is 0 Å². The summed E-state index contributed by atoms with van der Waals surface area (Å²) in [6.07, 6.45) is 0. The topological polar surface area (TPSA) is 18.5 Å².